The summed E-state index contributed by atoms with van der Waals surface area (Å²) in [7, 11) is 0. The smallest absolute Gasteiger partial charge is 0.473 e. The number of carbonyl (C=O) groups is 4. The lowest BCUT2D eigenvalue weighted by Gasteiger charge is -2.21. The normalized spacial score (nSPS) is 12.7. The van der Waals surface area contributed by atoms with Crippen molar-refractivity contribution in [3.05, 3.63) is 47.8 Å². The number of amidine groups is 1. The van der Waals surface area contributed by atoms with Gasteiger partial charge in [-0.1, -0.05) is 25.7 Å². The number of alkyl halides is 3. The van der Waals surface area contributed by atoms with Crippen molar-refractivity contribution in [3.8, 4) is 5.75 Å². The van der Waals surface area contributed by atoms with Gasteiger partial charge < -0.3 is 33.4 Å². The number of aromatic nitrogens is 2. The van der Waals surface area contributed by atoms with Crippen LogP contribution in [-0.4, -0.2) is 81.2 Å². The van der Waals surface area contributed by atoms with Crippen LogP contribution in [0.3, 0.4) is 0 Å². The molecular formula is C40H61F3N8O8. The highest BCUT2D eigenvalue weighted by Crippen LogP contribution is 2.17. The number of halogens is 3. The molecule has 1 heterocycles. The lowest BCUT2D eigenvalue weighted by Crippen LogP contribution is -2.44. The molecule has 0 radical (unpaired) electrons. The number of alkyl carbamates (subject to hydrolysis) is 2. The molecule has 0 saturated heterocycles. The fourth-order valence-electron chi connectivity index (χ4n) is 5.07. The first-order valence-electron chi connectivity index (χ1n) is 19.6. The van der Waals surface area contributed by atoms with Gasteiger partial charge >= 0.3 is 30.4 Å². The molecule has 19 heteroatoms. The minimum atomic E-state index is -5.11. The number of guanidine groups is 1. The number of rotatable bonds is 16. The molecule has 0 aliphatic heterocycles. The van der Waals surface area contributed by atoms with Gasteiger partial charge in [0.05, 0.1) is 6.61 Å². The number of benzene rings is 1. The van der Waals surface area contributed by atoms with Crippen molar-refractivity contribution < 1.29 is 51.3 Å². The van der Waals surface area contributed by atoms with Crippen LogP contribution in [-0.2, 0) is 32.1 Å². The molecule has 4 N–H and O–H groups in total. The maximum absolute atomic E-state index is 13.2. The first kappa shape index (κ1) is 49.8. The standard InChI is InChI=1S/C40H61F3N8O8/c1-37(2,3)57-34(53)46-30(44)28-18-20-29(21-19-28)56-27-17-16-24-51-26-25-50(33(51)47-31(52)40(41,42)43)23-15-13-11-10-12-14-22-45-32(48-35(54)58-38(4,5)6)49-36(55)59-39(7,8)9/h18-21,25-26H,10-17,22-24,27H2,1-9H3,(H2,44,46,53)(H2,45,48,49,54,55)/b47-33+. The molecule has 0 spiro atoms. The maximum Gasteiger partial charge on any atom is 0.473 e. The summed E-state index contributed by atoms with van der Waals surface area (Å²) in [5.74, 6) is -1.86. The summed E-state index contributed by atoms with van der Waals surface area (Å²) < 4.78 is 64.0. The molecule has 330 valence electrons. The second-order valence-corrected chi connectivity index (χ2v) is 16.6. The third-order valence-corrected chi connectivity index (χ3v) is 7.55. The van der Waals surface area contributed by atoms with Crippen LogP contribution in [0, 0.1) is 5.41 Å². The molecule has 4 amide bonds. The zero-order valence-corrected chi connectivity index (χ0v) is 35.6. The Morgan fingerprint density at radius 2 is 1.17 bits per heavy atom. The molecule has 0 aliphatic rings. The van der Waals surface area contributed by atoms with Crippen LogP contribution < -0.4 is 26.3 Å². The van der Waals surface area contributed by atoms with E-state index in [4.69, 9.17) is 24.4 Å². The summed E-state index contributed by atoms with van der Waals surface area (Å²) in [5.41, 5.74) is -1.86. The SMILES string of the molecule is CC(C)(C)OC(=O)/N=C(/NCCCCCCCCn1ccn(CCCCOc2ccc(C(=N)NC(=O)OC(C)(C)C)cc2)/c1=N/C(=O)C(F)(F)F)NC(=O)OC(C)(C)C. The molecule has 0 saturated carbocycles. The molecule has 0 aliphatic carbocycles. The third kappa shape index (κ3) is 21.8. The van der Waals surface area contributed by atoms with Gasteiger partial charge in [-0.2, -0.15) is 18.2 Å². The van der Waals surface area contributed by atoms with E-state index in [1.807, 2.05) is 0 Å². The summed E-state index contributed by atoms with van der Waals surface area (Å²) in [6, 6.07) is 6.55. The number of unbranched alkanes of at least 4 members (excludes halogenated alkanes) is 6. The summed E-state index contributed by atoms with van der Waals surface area (Å²) in [6.07, 6.45) is 1.45. The van der Waals surface area contributed by atoms with E-state index in [1.54, 1.807) is 104 Å². The fraction of sp³-hybridized carbons (Fsp3) is 0.625. The topological polar surface area (TPSA) is 200 Å². The Morgan fingerprint density at radius 1 is 0.678 bits per heavy atom. The summed E-state index contributed by atoms with van der Waals surface area (Å²) in [4.78, 5) is 55.6. The van der Waals surface area contributed by atoms with Crippen LogP contribution in [0.4, 0.5) is 27.6 Å². The number of nitrogens with zero attached hydrogens (tertiary/aromatic N) is 4. The van der Waals surface area contributed by atoms with E-state index in [-0.39, 0.29) is 17.4 Å². The van der Waals surface area contributed by atoms with E-state index in [1.165, 1.54) is 4.57 Å². The second kappa shape index (κ2) is 22.7. The van der Waals surface area contributed by atoms with E-state index in [2.05, 4.69) is 25.9 Å². The Bertz CT molecular complexity index is 1800. The molecule has 0 atom stereocenters. The van der Waals surface area contributed by atoms with Gasteiger partial charge in [-0.15, -0.1) is 4.99 Å². The van der Waals surface area contributed by atoms with E-state index < -0.39 is 47.2 Å². The van der Waals surface area contributed by atoms with Gasteiger partial charge in [0, 0.05) is 37.6 Å². The number of nitrogens with one attached hydrogen (secondary N) is 4. The zero-order chi connectivity index (χ0) is 44.4. The molecule has 0 unspecified atom stereocenters. The molecule has 16 nitrogen and oxygen atoms in total. The average molecular weight is 839 g/mol. The van der Waals surface area contributed by atoms with Gasteiger partial charge in [-0.3, -0.25) is 20.8 Å². The van der Waals surface area contributed by atoms with Gasteiger partial charge in [0.25, 0.3) is 0 Å². The Morgan fingerprint density at radius 3 is 1.69 bits per heavy atom. The van der Waals surface area contributed by atoms with Crippen LogP contribution >= 0.6 is 0 Å². The molecule has 59 heavy (non-hydrogen) atoms. The molecular weight excluding hydrogens is 777 g/mol. The predicted molar refractivity (Wildman–Crippen MR) is 215 cm³/mol. The van der Waals surface area contributed by atoms with E-state index in [9.17, 15) is 32.3 Å². The number of ether oxygens (including phenoxy) is 4. The highest BCUT2D eigenvalue weighted by atomic mass is 19.4. The maximum atomic E-state index is 13.2. The van der Waals surface area contributed by atoms with Gasteiger partial charge in [0.2, 0.25) is 11.6 Å². The van der Waals surface area contributed by atoms with E-state index >= 15 is 0 Å². The molecule has 0 fully saturated rings. The summed E-state index contributed by atoms with van der Waals surface area (Å²) in [6.45, 7) is 16.8. The highest BCUT2D eigenvalue weighted by molar-refractivity contribution is 6.04. The van der Waals surface area contributed by atoms with Crippen molar-refractivity contribution in [2.75, 3.05) is 13.2 Å². The largest absolute Gasteiger partial charge is 0.494 e. The van der Waals surface area contributed by atoms with Gasteiger partial charge in [0.15, 0.2) is 0 Å². The van der Waals surface area contributed by atoms with Crippen molar-refractivity contribution in [3.63, 3.8) is 0 Å². The molecule has 1 aromatic carbocycles. The Hall–Kier alpha value is -5.36. The number of hydrogen-bond donors (Lipinski definition) is 4. The average Bonchev–Trinajstić information content (AvgIpc) is 3.44. The quantitative estimate of drug-likeness (QED) is 0.0565. The number of carbonyl (C=O) groups excluding carboxylic acids is 4. The second-order valence-electron chi connectivity index (χ2n) is 16.6. The molecule has 1 aromatic heterocycles. The van der Waals surface area contributed by atoms with Gasteiger partial charge in [-0.25, -0.2) is 14.4 Å². The van der Waals surface area contributed by atoms with Crippen molar-refractivity contribution in [1.82, 2.24) is 25.1 Å². The number of amides is 4. The van der Waals surface area contributed by atoms with E-state index in [0.717, 1.165) is 25.7 Å². The minimum absolute atomic E-state index is 0.0822. The number of aryl methyl sites for hydroxylation is 2. The van der Waals surface area contributed by atoms with Crippen LogP contribution in [0.25, 0.3) is 0 Å². The Labute approximate surface area is 343 Å². The number of imidazole rings is 1. The minimum Gasteiger partial charge on any atom is -0.494 e. The first-order chi connectivity index (χ1) is 27.3. The Balaban J connectivity index is 1.84. The lowest BCUT2D eigenvalue weighted by molar-refractivity contribution is -0.169. The molecule has 2 aromatic rings. The van der Waals surface area contributed by atoms with Crippen molar-refractivity contribution in [2.24, 2.45) is 9.98 Å². The van der Waals surface area contributed by atoms with Gasteiger partial charge in [0.1, 0.15) is 28.4 Å². The van der Waals surface area contributed by atoms with Crippen molar-refractivity contribution in [2.45, 2.75) is 150 Å². The van der Waals surface area contributed by atoms with Crippen molar-refractivity contribution >= 4 is 36.0 Å². The van der Waals surface area contributed by atoms with Crippen LogP contribution in [0.5, 0.6) is 5.75 Å². The van der Waals surface area contributed by atoms with Crippen LogP contribution in [0.2, 0.25) is 0 Å². The zero-order valence-electron chi connectivity index (χ0n) is 35.6. The lowest BCUT2D eigenvalue weighted by atomic mass is 10.1. The third-order valence-electron chi connectivity index (χ3n) is 7.55. The monoisotopic (exact) mass is 838 g/mol. The molecule has 2 rings (SSSR count). The predicted octanol–water partition coefficient (Wildman–Crippen LogP) is 7.73. The summed E-state index contributed by atoms with van der Waals surface area (Å²) in [5, 5.41) is 15.9. The first-order valence-corrected chi connectivity index (χ1v) is 19.6. The van der Waals surface area contributed by atoms with Gasteiger partial charge in [-0.05, 0) is 112 Å². The Kier molecular flexibility index (Phi) is 19.2. The molecule has 0 bridgehead atoms. The van der Waals surface area contributed by atoms with E-state index in [0.29, 0.717) is 63.2 Å². The van der Waals surface area contributed by atoms with Crippen molar-refractivity contribution in [1.29, 1.82) is 5.41 Å². The summed E-state index contributed by atoms with van der Waals surface area (Å²) >= 11 is 0. The van der Waals surface area contributed by atoms with Crippen LogP contribution in [0.1, 0.15) is 119 Å². The highest BCUT2D eigenvalue weighted by Gasteiger charge is 2.38. The number of hydrogen-bond acceptors (Lipinski definition) is 9. The number of aliphatic imine (C=N–C) groups is 1. The fourth-order valence-corrected chi connectivity index (χ4v) is 5.07. The van der Waals surface area contributed by atoms with Crippen LogP contribution in [0.15, 0.2) is 46.6 Å².